The summed E-state index contributed by atoms with van der Waals surface area (Å²) >= 11 is 0. The Morgan fingerprint density at radius 1 is 0.357 bits per heavy atom. The predicted molar refractivity (Wildman–Crippen MR) is 300 cm³/mol. The Balaban J connectivity index is 0.000000128. The molecule has 0 N–H and O–H groups in total. The van der Waals surface area contributed by atoms with Crippen LogP contribution < -0.4 is 10.4 Å². The second-order valence-corrected chi connectivity index (χ2v) is 19.4. The van der Waals surface area contributed by atoms with Gasteiger partial charge < -0.3 is 0 Å². The second-order valence-electron chi connectivity index (χ2n) is 18.1. The maximum Gasteiger partial charge on any atom is 3.00 e. The van der Waals surface area contributed by atoms with Gasteiger partial charge >= 0.3 is 26.2 Å². The molecule has 0 fully saturated rings. The standard InChI is InChI=1S/2C28H23.C12H7Si.Zr/c2*1-2-9-20-18-22-12-8-17-27(28(22)19-20)26-15-6-5-14-25(26)24-16-7-11-21-10-3-4-13-23(21)24;1-3-7-11-9(5-1)10-6-2-4-8-12(10)13-11;/h2*3-8,10-19H,2,9H2,1H3;1-7H;/q3*-1;+3. The second kappa shape index (κ2) is 21.4. The summed E-state index contributed by atoms with van der Waals surface area (Å²) in [5.41, 5.74) is 16.1. The molecule has 0 spiro atoms. The van der Waals surface area contributed by atoms with Gasteiger partial charge in [-0.3, -0.25) is 0 Å². The molecule has 1 aliphatic rings. The molecule has 1 heterocycles. The van der Waals surface area contributed by atoms with Crippen LogP contribution in [0.25, 0.3) is 98.7 Å². The zero-order chi connectivity index (χ0) is 46.5. The number of rotatable bonds is 8. The molecule has 1 aliphatic heterocycles. The monoisotopic (exact) mass is 987 g/mol. The van der Waals surface area contributed by atoms with E-state index in [1.165, 1.54) is 133 Å². The van der Waals surface area contributed by atoms with Crippen molar-refractivity contribution in [3.05, 3.63) is 254 Å². The van der Waals surface area contributed by atoms with Gasteiger partial charge in [-0.1, -0.05) is 218 Å². The van der Waals surface area contributed by atoms with Gasteiger partial charge in [-0.05, 0) is 67.8 Å². The zero-order valence-corrected chi connectivity index (χ0v) is 43.3. The molecule has 3 radical (unpaired) electrons. The summed E-state index contributed by atoms with van der Waals surface area (Å²) in [6.45, 7) is 4.49. The molecule has 2 heteroatoms. The Labute approximate surface area is 435 Å². The molecule has 333 valence electrons. The van der Waals surface area contributed by atoms with Gasteiger partial charge in [0.25, 0.3) is 0 Å². The zero-order valence-electron chi connectivity index (χ0n) is 39.8. The topological polar surface area (TPSA) is 0 Å². The quantitative estimate of drug-likeness (QED) is 0.105. The fourth-order valence-corrected chi connectivity index (χ4v) is 11.8. The van der Waals surface area contributed by atoms with Crippen molar-refractivity contribution in [3.63, 3.8) is 0 Å². The number of aryl methyl sites for hydroxylation is 2. The van der Waals surface area contributed by atoms with Crippen LogP contribution >= 0.6 is 0 Å². The van der Waals surface area contributed by atoms with E-state index in [2.05, 4.69) is 250 Å². The molecule has 0 amide bonds. The third-order valence-corrected chi connectivity index (χ3v) is 15.0. The van der Waals surface area contributed by atoms with E-state index in [0.717, 1.165) is 22.4 Å². The minimum Gasteiger partial charge on any atom is -0.184 e. The Morgan fingerprint density at radius 3 is 1.21 bits per heavy atom. The first kappa shape index (κ1) is 46.8. The fourth-order valence-electron chi connectivity index (χ4n) is 10.5. The average molecular weight is 989 g/mol. The van der Waals surface area contributed by atoms with Crippen molar-refractivity contribution in [3.8, 4) is 55.6 Å². The van der Waals surface area contributed by atoms with Crippen molar-refractivity contribution >= 4 is 63.0 Å². The summed E-state index contributed by atoms with van der Waals surface area (Å²) in [7, 11) is 0.795. The Morgan fingerprint density at radius 2 is 0.729 bits per heavy atom. The van der Waals surface area contributed by atoms with E-state index in [4.69, 9.17) is 0 Å². The van der Waals surface area contributed by atoms with E-state index in [-0.39, 0.29) is 26.2 Å². The molecule has 70 heavy (non-hydrogen) atoms. The summed E-state index contributed by atoms with van der Waals surface area (Å²) < 4.78 is 0. The van der Waals surface area contributed by atoms with Crippen molar-refractivity contribution in [2.45, 2.75) is 39.5 Å². The van der Waals surface area contributed by atoms with E-state index < -0.39 is 0 Å². The van der Waals surface area contributed by atoms with Crippen LogP contribution in [-0.4, -0.2) is 9.52 Å². The Bertz CT molecular complexity index is 3490. The van der Waals surface area contributed by atoms with Crippen molar-refractivity contribution in [2.75, 3.05) is 0 Å². The summed E-state index contributed by atoms with van der Waals surface area (Å²) in [4.78, 5) is 0. The number of hydrogen-bond acceptors (Lipinski definition) is 0. The molecule has 0 saturated carbocycles. The van der Waals surface area contributed by atoms with Gasteiger partial charge in [0.15, 0.2) is 0 Å². The van der Waals surface area contributed by atoms with Crippen molar-refractivity contribution in [1.29, 1.82) is 0 Å². The van der Waals surface area contributed by atoms with Crippen LogP contribution in [-0.2, 0) is 39.0 Å². The predicted octanol–water partition coefficient (Wildman–Crippen LogP) is 17.1. The summed E-state index contributed by atoms with van der Waals surface area (Å²) in [5, 5.41) is 13.4. The van der Waals surface area contributed by atoms with Gasteiger partial charge in [0.05, 0.1) is 9.52 Å². The SMILES string of the molecule is CCCc1cc2c(-c3ccccc3-c3cccc4ccccc34)cccc2[cH-]1.CCCc1cc2c(-c3ccccc3-c3cccc4ccccc34)cccc2[cH-]1.[Zr+3].[c-]1cccc2c1[Si]c1ccccc1-2. The van der Waals surface area contributed by atoms with E-state index in [9.17, 15) is 0 Å². The molecule has 0 aliphatic carbocycles. The van der Waals surface area contributed by atoms with Crippen LogP contribution in [0.5, 0.6) is 0 Å². The van der Waals surface area contributed by atoms with E-state index in [1.807, 2.05) is 6.07 Å². The summed E-state index contributed by atoms with van der Waals surface area (Å²) in [5.74, 6) is 0. The van der Waals surface area contributed by atoms with Gasteiger partial charge in [0.1, 0.15) is 0 Å². The average Bonchev–Trinajstić information content (AvgIpc) is 4.14. The molecule has 0 aromatic heterocycles. The van der Waals surface area contributed by atoms with Crippen LogP contribution in [0.3, 0.4) is 0 Å². The van der Waals surface area contributed by atoms with E-state index in [1.54, 1.807) is 0 Å². The molecule has 0 atom stereocenters. The van der Waals surface area contributed by atoms with Crippen LogP contribution in [0.4, 0.5) is 0 Å². The smallest absolute Gasteiger partial charge is 0.184 e. The van der Waals surface area contributed by atoms with Crippen LogP contribution in [0.15, 0.2) is 237 Å². The first-order valence-corrected chi connectivity index (χ1v) is 25.5. The number of hydrogen-bond donors (Lipinski definition) is 0. The van der Waals surface area contributed by atoms with Crippen LogP contribution in [0.2, 0.25) is 0 Å². The third kappa shape index (κ3) is 9.39. The first-order valence-electron chi connectivity index (χ1n) is 24.5. The van der Waals surface area contributed by atoms with Crippen LogP contribution in [0, 0.1) is 6.07 Å². The summed E-state index contributed by atoms with van der Waals surface area (Å²) in [6, 6.07) is 89.2. The van der Waals surface area contributed by atoms with Gasteiger partial charge in [0.2, 0.25) is 0 Å². The molecule has 0 nitrogen and oxygen atoms in total. The van der Waals surface area contributed by atoms with Crippen molar-refractivity contribution in [1.82, 2.24) is 0 Å². The molecular formula is C68H53SiZr. The van der Waals surface area contributed by atoms with Gasteiger partial charge in [-0.2, -0.15) is 41.6 Å². The molecule has 0 bridgehead atoms. The van der Waals surface area contributed by atoms with Gasteiger partial charge in [-0.15, -0.1) is 74.6 Å². The maximum atomic E-state index is 3.31. The Hall–Kier alpha value is -6.96. The van der Waals surface area contributed by atoms with Crippen molar-refractivity contribution < 1.29 is 26.2 Å². The molecule has 0 unspecified atom stereocenters. The largest absolute Gasteiger partial charge is 3.00 e. The van der Waals surface area contributed by atoms with E-state index in [0.29, 0.717) is 0 Å². The van der Waals surface area contributed by atoms with Gasteiger partial charge in [0, 0.05) is 0 Å². The Kier molecular flexibility index (Phi) is 14.3. The molecular weight excluding hydrogens is 936 g/mol. The fraction of sp³-hybridized carbons (Fsp3) is 0.0882. The van der Waals surface area contributed by atoms with E-state index >= 15 is 0 Å². The molecule has 13 rings (SSSR count). The van der Waals surface area contributed by atoms with Gasteiger partial charge in [-0.25, -0.2) is 0 Å². The molecule has 12 aromatic rings. The number of benzene rings is 10. The third-order valence-electron chi connectivity index (χ3n) is 13.6. The number of fused-ring (bicyclic) bond motifs is 7. The maximum absolute atomic E-state index is 3.31. The minimum absolute atomic E-state index is 0. The molecule has 0 saturated heterocycles. The summed E-state index contributed by atoms with van der Waals surface area (Å²) in [6.07, 6.45) is 4.63. The first-order chi connectivity index (χ1) is 34.1. The normalized spacial score (nSPS) is 11.3. The minimum atomic E-state index is 0. The molecule has 12 aromatic carbocycles. The van der Waals surface area contributed by atoms with Crippen molar-refractivity contribution in [2.24, 2.45) is 0 Å². The van der Waals surface area contributed by atoms with Crippen LogP contribution in [0.1, 0.15) is 37.8 Å².